The van der Waals surface area contributed by atoms with Crippen LogP contribution in [0.15, 0.2) is 4.99 Å². The van der Waals surface area contributed by atoms with Crippen molar-refractivity contribution >= 4 is 29.9 Å². The lowest BCUT2D eigenvalue weighted by Crippen LogP contribution is -2.56. The van der Waals surface area contributed by atoms with Crippen molar-refractivity contribution in [3.63, 3.8) is 0 Å². The van der Waals surface area contributed by atoms with E-state index in [-0.39, 0.29) is 29.4 Å². The Hall–Kier alpha value is -0.0800. The number of ether oxygens (including phenoxy) is 1. The first-order valence-corrected chi connectivity index (χ1v) is 10.0. The highest BCUT2D eigenvalue weighted by Gasteiger charge is 2.43. The minimum atomic E-state index is 0. The molecule has 0 aromatic carbocycles. The van der Waals surface area contributed by atoms with E-state index < -0.39 is 0 Å². The zero-order valence-corrected chi connectivity index (χ0v) is 18.2. The van der Waals surface area contributed by atoms with E-state index in [2.05, 4.69) is 29.0 Å². The Bertz CT molecular complexity index is 474. The second-order valence-electron chi connectivity index (χ2n) is 8.74. The highest BCUT2D eigenvalue weighted by Crippen LogP contribution is 2.46. The van der Waals surface area contributed by atoms with Crippen molar-refractivity contribution in [2.24, 2.45) is 22.2 Å². The first kappa shape index (κ1) is 19.7. The van der Waals surface area contributed by atoms with Gasteiger partial charge < -0.3 is 15.0 Å². The zero-order chi connectivity index (χ0) is 16.6. The van der Waals surface area contributed by atoms with E-state index >= 15 is 0 Å². The monoisotopic (exact) mass is 462 g/mol. The van der Waals surface area contributed by atoms with Crippen molar-refractivity contribution in [1.82, 2.24) is 15.1 Å². The third kappa shape index (κ3) is 4.26. The molecule has 4 fully saturated rings. The number of piperazine rings is 1. The number of guanidine groups is 1. The topological polar surface area (TPSA) is 40.1 Å². The van der Waals surface area contributed by atoms with Crippen LogP contribution in [0.5, 0.6) is 0 Å². The molecule has 0 aromatic rings. The predicted molar refractivity (Wildman–Crippen MR) is 113 cm³/mol. The summed E-state index contributed by atoms with van der Waals surface area (Å²) in [7, 11) is 0. The lowest BCUT2D eigenvalue weighted by Gasteiger charge is -2.42. The number of aliphatic imine (C=N–C) groups is 1. The highest BCUT2D eigenvalue weighted by molar-refractivity contribution is 14.0. The van der Waals surface area contributed by atoms with Crippen LogP contribution in [0.3, 0.4) is 0 Å². The van der Waals surface area contributed by atoms with Gasteiger partial charge in [-0.3, -0.25) is 9.89 Å². The van der Waals surface area contributed by atoms with E-state index in [0.717, 1.165) is 63.2 Å². The molecule has 5 nitrogen and oxygen atoms in total. The first-order chi connectivity index (χ1) is 11.7. The maximum Gasteiger partial charge on any atom is 0.194 e. The standard InChI is InChI=1S/C19H34N4O.HI/c1-3-20-18(21-12-19(2)13-24-14-19)23-8-6-22(7-9-23)17-11-15-4-5-16(17)10-15;/h15-17H,3-14H2,1-2H3,(H,20,21);1H. The minimum Gasteiger partial charge on any atom is -0.380 e. The molecule has 6 heteroatoms. The highest BCUT2D eigenvalue weighted by atomic mass is 127. The Balaban J connectivity index is 0.00000182. The van der Waals surface area contributed by atoms with E-state index in [4.69, 9.17) is 9.73 Å². The molecule has 3 unspecified atom stereocenters. The lowest BCUT2D eigenvalue weighted by molar-refractivity contribution is -0.0946. The Labute approximate surface area is 170 Å². The Kier molecular flexibility index (Phi) is 6.53. The van der Waals surface area contributed by atoms with Crippen LogP contribution >= 0.6 is 24.0 Å². The number of nitrogens with one attached hydrogen (secondary N) is 1. The van der Waals surface area contributed by atoms with Gasteiger partial charge in [-0.1, -0.05) is 13.3 Å². The summed E-state index contributed by atoms with van der Waals surface area (Å²) in [6.45, 7) is 12.6. The fraction of sp³-hybridized carbons (Fsp3) is 0.947. The van der Waals surface area contributed by atoms with Crippen LogP contribution in [-0.2, 0) is 4.74 Å². The third-order valence-corrected chi connectivity index (χ3v) is 6.63. The molecule has 2 saturated heterocycles. The van der Waals surface area contributed by atoms with Gasteiger partial charge in [0.2, 0.25) is 0 Å². The Morgan fingerprint density at radius 2 is 1.92 bits per heavy atom. The Morgan fingerprint density at radius 3 is 2.44 bits per heavy atom. The van der Waals surface area contributed by atoms with Gasteiger partial charge in [-0.25, -0.2) is 0 Å². The summed E-state index contributed by atoms with van der Waals surface area (Å²) in [4.78, 5) is 10.2. The van der Waals surface area contributed by atoms with Gasteiger partial charge in [0.15, 0.2) is 5.96 Å². The summed E-state index contributed by atoms with van der Waals surface area (Å²) in [6.07, 6.45) is 5.97. The SMILES string of the molecule is CCNC(=NCC1(C)COC1)N1CCN(C2CC3CCC2C3)CC1.I. The second-order valence-corrected chi connectivity index (χ2v) is 8.74. The quantitative estimate of drug-likeness (QED) is 0.396. The van der Waals surface area contributed by atoms with E-state index in [0.29, 0.717) is 0 Å². The largest absolute Gasteiger partial charge is 0.380 e. The summed E-state index contributed by atoms with van der Waals surface area (Å²) in [5, 5.41) is 3.50. The van der Waals surface area contributed by atoms with Crippen LogP contribution in [0, 0.1) is 17.3 Å². The molecule has 4 rings (SSSR count). The van der Waals surface area contributed by atoms with Crippen LogP contribution in [0.2, 0.25) is 0 Å². The fourth-order valence-corrected chi connectivity index (χ4v) is 5.16. The Morgan fingerprint density at radius 1 is 1.16 bits per heavy atom. The maximum atomic E-state index is 5.36. The first-order valence-electron chi connectivity index (χ1n) is 10.0. The molecule has 144 valence electrons. The van der Waals surface area contributed by atoms with Crippen molar-refractivity contribution in [2.75, 3.05) is 52.5 Å². The van der Waals surface area contributed by atoms with Crippen molar-refractivity contribution in [1.29, 1.82) is 0 Å². The molecular formula is C19H35IN4O. The molecule has 0 aromatic heterocycles. The molecular weight excluding hydrogens is 427 g/mol. The molecule has 0 spiro atoms. The van der Waals surface area contributed by atoms with Crippen LogP contribution in [-0.4, -0.2) is 74.3 Å². The molecule has 3 atom stereocenters. The number of fused-ring (bicyclic) bond motifs is 2. The van der Waals surface area contributed by atoms with Gasteiger partial charge in [-0.2, -0.15) is 0 Å². The molecule has 2 bridgehead atoms. The van der Waals surface area contributed by atoms with E-state index in [1.54, 1.807) is 0 Å². The van der Waals surface area contributed by atoms with Gasteiger partial charge in [0.1, 0.15) is 0 Å². The average Bonchev–Trinajstić information content (AvgIpc) is 3.20. The van der Waals surface area contributed by atoms with Crippen molar-refractivity contribution in [3.8, 4) is 0 Å². The minimum absolute atomic E-state index is 0. The van der Waals surface area contributed by atoms with Crippen LogP contribution < -0.4 is 5.32 Å². The van der Waals surface area contributed by atoms with Gasteiger partial charge in [-0.15, -0.1) is 24.0 Å². The van der Waals surface area contributed by atoms with Gasteiger partial charge >= 0.3 is 0 Å². The normalized spacial score (nSPS) is 34.6. The zero-order valence-electron chi connectivity index (χ0n) is 15.9. The molecule has 0 radical (unpaired) electrons. The van der Waals surface area contributed by atoms with E-state index in [9.17, 15) is 0 Å². The van der Waals surface area contributed by atoms with Gasteiger partial charge in [-0.05, 0) is 38.0 Å². The molecule has 25 heavy (non-hydrogen) atoms. The third-order valence-electron chi connectivity index (χ3n) is 6.63. The molecule has 4 aliphatic rings. The van der Waals surface area contributed by atoms with Gasteiger partial charge in [0.25, 0.3) is 0 Å². The van der Waals surface area contributed by atoms with Crippen LogP contribution in [0.4, 0.5) is 0 Å². The lowest BCUT2D eigenvalue weighted by atomic mass is 9.89. The summed E-state index contributed by atoms with van der Waals surface area (Å²) < 4.78 is 5.36. The molecule has 1 N–H and O–H groups in total. The number of nitrogens with zero attached hydrogens (tertiary/aromatic N) is 3. The van der Waals surface area contributed by atoms with Crippen LogP contribution in [0.25, 0.3) is 0 Å². The molecule has 2 aliphatic carbocycles. The van der Waals surface area contributed by atoms with Gasteiger partial charge in [0.05, 0.1) is 19.8 Å². The summed E-state index contributed by atoms with van der Waals surface area (Å²) >= 11 is 0. The molecule has 2 heterocycles. The summed E-state index contributed by atoms with van der Waals surface area (Å²) in [5.74, 6) is 3.16. The van der Waals surface area contributed by atoms with Crippen molar-refractivity contribution < 1.29 is 4.74 Å². The van der Waals surface area contributed by atoms with Crippen molar-refractivity contribution in [2.45, 2.75) is 45.6 Å². The number of hydrogen-bond donors (Lipinski definition) is 1. The predicted octanol–water partition coefficient (Wildman–Crippen LogP) is 2.41. The van der Waals surface area contributed by atoms with E-state index in [1.807, 2.05) is 0 Å². The van der Waals surface area contributed by atoms with Gasteiger partial charge in [0, 0.05) is 44.2 Å². The number of hydrogen-bond acceptors (Lipinski definition) is 3. The smallest absolute Gasteiger partial charge is 0.194 e. The fourth-order valence-electron chi connectivity index (χ4n) is 5.16. The van der Waals surface area contributed by atoms with E-state index in [1.165, 1.54) is 38.8 Å². The summed E-state index contributed by atoms with van der Waals surface area (Å²) in [6, 6.07) is 0.886. The molecule has 2 aliphatic heterocycles. The number of halogens is 1. The molecule has 2 saturated carbocycles. The summed E-state index contributed by atoms with van der Waals surface area (Å²) in [5.41, 5.74) is 0.256. The maximum absolute atomic E-state index is 5.36. The average molecular weight is 462 g/mol. The molecule has 0 amide bonds. The second kappa shape index (κ2) is 8.30. The van der Waals surface area contributed by atoms with Crippen molar-refractivity contribution in [3.05, 3.63) is 0 Å². The number of rotatable bonds is 4. The van der Waals surface area contributed by atoms with Crippen LogP contribution in [0.1, 0.15) is 39.5 Å².